The summed E-state index contributed by atoms with van der Waals surface area (Å²) in [5.74, 6) is 2.22. The Hall–Kier alpha value is -1.00. The highest BCUT2D eigenvalue weighted by Gasteiger charge is 2.22. The van der Waals surface area contributed by atoms with Gasteiger partial charge < -0.3 is 0 Å². The van der Waals surface area contributed by atoms with E-state index in [1.54, 1.807) is 0 Å². The van der Waals surface area contributed by atoms with Crippen LogP contribution >= 0.6 is 23.4 Å². The number of benzene rings is 1. The quantitative estimate of drug-likeness (QED) is 0.743. The lowest BCUT2D eigenvalue weighted by molar-refractivity contribution is 0.815. The average molecular weight is 266 g/mol. The number of hydrogen-bond acceptors (Lipinski definition) is 3. The van der Waals surface area contributed by atoms with Crippen LogP contribution in [0, 0.1) is 0 Å². The highest BCUT2D eigenvalue weighted by Crippen LogP contribution is 2.35. The van der Waals surface area contributed by atoms with Crippen molar-refractivity contribution in [2.45, 2.75) is 29.4 Å². The number of fused-ring (bicyclic) bond motifs is 3. The number of thioether (sulfide) groups is 1. The predicted octanol–water partition coefficient (Wildman–Crippen LogP) is 3.04. The molecule has 0 amide bonds. The van der Waals surface area contributed by atoms with Crippen LogP contribution in [0.1, 0.15) is 18.6 Å². The van der Waals surface area contributed by atoms with Gasteiger partial charge in [0.2, 0.25) is 0 Å². The van der Waals surface area contributed by atoms with Crippen molar-refractivity contribution in [2.75, 3.05) is 0 Å². The summed E-state index contributed by atoms with van der Waals surface area (Å²) < 4.78 is 2.10. The summed E-state index contributed by atoms with van der Waals surface area (Å²) in [7, 11) is 0. The molecule has 1 aromatic heterocycles. The van der Waals surface area contributed by atoms with Crippen molar-refractivity contribution in [1.82, 2.24) is 14.8 Å². The maximum absolute atomic E-state index is 5.93. The lowest BCUT2D eigenvalue weighted by atomic mass is 10.3. The van der Waals surface area contributed by atoms with E-state index < -0.39 is 0 Å². The predicted molar refractivity (Wildman–Crippen MR) is 69.9 cm³/mol. The van der Waals surface area contributed by atoms with Gasteiger partial charge in [-0.2, -0.15) is 0 Å². The molecule has 1 aromatic carbocycles. The summed E-state index contributed by atoms with van der Waals surface area (Å²) in [6.45, 7) is 2.21. The van der Waals surface area contributed by atoms with Crippen LogP contribution in [0.4, 0.5) is 0 Å². The van der Waals surface area contributed by atoms with Crippen molar-refractivity contribution in [3.8, 4) is 5.69 Å². The second-order valence-electron chi connectivity index (χ2n) is 4.10. The SMILES string of the molecule is CC1Cc2nnc(CCl)n2-c2ccccc2S1. The van der Waals surface area contributed by atoms with E-state index >= 15 is 0 Å². The summed E-state index contributed by atoms with van der Waals surface area (Å²) in [6.07, 6.45) is 0.920. The average Bonchev–Trinajstić information content (AvgIpc) is 2.66. The van der Waals surface area contributed by atoms with Gasteiger partial charge in [-0.3, -0.25) is 4.57 Å². The summed E-state index contributed by atoms with van der Waals surface area (Å²) in [5, 5.41) is 8.92. The second kappa shape index (κ2) is 4.35. The van der Waals surface area contributed by atoms with E-state index in [0.29, 0.717) is 11.1 Å². The number of alkyl halides is 1. The lowest BCUT2D eigenvalue weighted by Gasteiger charge is -2.09. The third-order valence-electron chi connectivity index (χ3n) is 2.82. The Morgan fingerprint density at radius 1 is 1.41 bits per heavy atom. The maximum atomic E-state index is 5.93. The molecule has 3 rings (SSSR count). The van der Waals surface area contributed by atoms with Gasteiger partial charge in [0.05, 0.1) is 11.6 Å². The van der Waals surface area contributed by atoms with Gasteiger partial charge in [-0.25, -0.2) is 0 Å². The first-order chi connectivity index (χ1) is 8.29. The van der Waals surface area contributed by atoms with E-state index in [1.807, 2.05) is 17.8 Å². The largest absolute Gasteiger partial charge is 0.281 e. The number of para-hydroxylation sites is 1. The Morgan fingerprint density at radius 3 is 3.06 bits per heavy atom. The monoisotopic (exact) mass is 265 g/mol. The molecule has 2 heterocycles. The molecule has 17 heavy (non-hydrogen) atoms. The molecule has 2 aromatic rings. The van der Waals surface area contributed by atoms with Gasteiger partial charge in [0.1, 0.15) is 5.82 Å². The molecule has 88 valence electrons. The van der Waals surface area contributed by atoms with Crippen LogP contribution < -0.4 is 0 Å². The molecule has 0 radical (unpaired) electrons. The molecule has 1 unspecified atom stereocenters. The van der Waals surface area contributed by atoms with Crippen molar-refractivity contribution >= 4 is 23.4 Å². The van der Waals surface area contributed by atoms with Crippen molar-refractivity contribution in [3.05, 3.63) is 35.9 Å². The van der Waals surface area contributed by atoms with Gasteiger partial charge in [0.15, 0.2) is 5.82 Å². The fraction of sp³-hybridized carbons (Fsp3) is 0.333. The Bertz CT molecular complexity index is 552. The van der Waals surface area contributed by atoms with Crippen LogP contribution in [0.25, 0.3) is 5.69 Å². The Labute approximate surface area is 109 Å². The molecule has 0 saturated carbocycles. The topological polar surface area (TPSA) is 30.7 Å². The molecule has 0 saturated heterocycles. The minimum absolute atomic E-state index is 0.389. The molecular formula is C12H12ClN3S. The van der Waals surface area contributed by atoms with Crippen LogP contribution in [-0.2, 0) is 12.3 Å². The maximum Gasteiger partial charge on any atom is 0.152 e. The summed E-state index contributed by atoms with van der Waals surface area (Å²) in [4.78, 5) is 1.27. The molecule has 0 fully saturated rings. The van der Waals surface area contributed by atoms with Crippen LogP contribution in [0.5, 0.6) is 0 Å². The van der Waals surface area contributed by atoms with E-state index in [2.05, 4.69) is 39.9 Å². The lowest BCUT2D eigenvalue weighted by Crippen LogP contribution is -2.06. The fourth-order valence-electron chi connectivity index (χ4n) is 2.11. The zero-order valence-corrected chi connectivity index (χ0v) is 11.0. The van der Waals surface area contributed by atoms with Gasteiger partial charge in [-0.05, 0) is 12.1 Å². The van der Waals surface area contributed by atoms with Gasteiger partial charge in [-0.15, -0.1) is 33.6 Å². The molecular weight excluding hydrogens is 254 g/mol. The van der Waals surface area contributed by atoms with Gasteiger partial charge >= 0.3 is 0 Å². The smallest absolute Gasteiger partial charge is 0.152 e. The zero-order valence-electron chi connectivity index (χ0n) is 9.43. The molecule has 0 spiro atoms. The third-order valence-corrected chi connectivity index (χ3v) is 4.23. The molecule has 0 aliphatic carbocycles. The highest BCUT2D eigenvalue weighted by molar-refractivity contribution is 8.00. The molecule has 5 heteroatoms. The number of halogens is 1. The van der Waals surface area contributed by atoms with Crippen molar-refractivity contribution < 1.29 is 0 Å². The Kier molecular flexibility index (Phi) is 2.84. The molecule has 0 bridgehead atoms. The fourth-order valence-corrected chi connectivity index (χ4v) is 3.38. The van der Waals surface area contributed by atoms with E-state index in [1.165, 1.54) is 4.90 Å². The normalized spacial score (nSPS) is 18.4. The second-order valence-corrected chi connectivity index (χ2v) is 5.85. The van der Waals surface area contributed by atoms with Crippen molar-refractivity contribution in [1.29, 1.82) is 0 Å². The Morgan fingerprint density at radius 2 is 2.24 bits per heavy atom. The van der Waals surface area contributed by atoms with E-state index in [4.69, 9.17) is 11.6 Å². The number of hydrogen-bond donors (Lipinski definition) is 0. The third kappa shape index (κ3) is 1.85. The molecule has 0 N–H and O–H groups in total. The number of aromatic nitrogens is 3. The van der Waals surface area contributed by atoms with E-state index in [-0.39, 0.29) is 0 Å². The first kappa shape index (κ1) is 11.1. The minimum atomic E-state index is 0.389. The van der Waals surface area contributed by atoms with Gasteiger partial charge in [0, 0.05) is 16.6 Å². The van der Waals surface area contributed by atoms with Crippen molar-refractivity contribution in [2.24, 2.45) is 0 Å². The first-order valence-electron chi connectivity index (χ1n) is 5.55. The Balaban J connectivity index is 2.26. The zero-order chi connectivity index (χ0) is 11.8. The van der Waals surface area contributed by atoms with Crippen LogP contribution in [-0.4, -0.2) is 20.0 Å². The summed E-state index contributed by atoms with van der Waals surface area (Å²) in [6, 6.07) is 8.35. The van der Waals surface area contributed by atoms with Gasteiger partial charge in [-0.1, -0.05) is 19.1 Å². The molecule has 3 nitrogen and oxygen atoms in total. The van der Waals surface area contributed by atoms with Crippen LogP contribution in [0.2, 0.25) is 0 Å². The minimum Gasteiger partial charge on any atom is -0.281 e. The molecule has 1 atom stereocenters. The molecule has 1 aliphatic heterocycles. The molecule has 1 aliphatic rings. The number of rotatable bonds is 1. The first-order valence-corrected chi connectivity index (χ1v) is 6.96. The van der Waals surface area contributed by atoms with E-state index in [0.717, 1.165) is 23.8 Å². The standard InChI is InChI=1S/C12H12ClN3S/c1-8-6-11-14-15-12(7-13)16(11)9-4-2-3-5-10(9)17-8/h2-5,8H,6-7H2,1H3. The van der Waals surface area contributed by atoms with Gasteiger partial charge in [0.25, 0.3) is 0 Å². The van der Waals surface area contributed by atoms with Crippen LogP contribution in [0.15, 0.2) is 29.2 Å². The number of nitrogens with zero attached hydrogens (tertiary/aromatic N) is 3. The van der Waals surface area contributed by atoms with Crippen molar-refractivity contribution in [3.63, 3.8) is 0 Å². The highest BCUT2D eigenvalue weighted by atomic mass is 35.5. The van der Waals surface area contributed by atoms with E-state index in [9.17, 15) is 0 Å². The van der Waals surface area contributed by atoms with Crippen LogP contribution in [0.3, 0.4) is 0 Å². The summed E-state index contributed by atoms with van der Waals surface area (Å²) in [5.41, 5.74) is 1.15. The summed E-state index contributed by atoms with van der Waals surface area (Å²) >= 11 is 7.81.